The summed E-state index contributed by atoms with van der Waals surface area (Å²) in [4.78, 5) is 24.9. The van der Waals surface area contributed by atoms with Gasteiger partial charge in [0.1, 0.15) is 6.54 Å². The monoisotopic (exact) mass is 421 g/mol. The molecule has 0 aliphatic carbocycles. The van der Waals surface area contributed by atoms with Gasteiger partial charge in [-0.25, -0.2) is 4.68 Å². The number of nitrogens with zero attached hydrogens (tertiary/aromatic N) is 2. The normalized spacial score (nSPS) is 11.6. The number of benzene rings is 2. The minimum Gasteiger partial charge on any atom is -0.493 e. The summed E-state index contributed by atoms with van der Waals surface area (Å²) in [6.45, 7) is 3.66. The molecule has 1 amide bonds. The molecule has 0 saturated carbocycles. The van der Waals surface area contributed by atoms with E-state index in [1.54, 1.807) is 27.2 Å². The molecular weight excluding hydrogens is 394 g/mol. The summed E-state index contributed by atoms with van der Waals surface area (Å²) in [6.07, 6.45) is 0.587. The third-order valence-electron chi connectivity index (χ3n) is 5.12. The number of amides is 1. The summed E-state index contributed by atoms with van der Waals surface area (Å²) < 4.78 is 11.9. The minimum atomic E-state index is -0.325. The van der Waals surface area contributed by atoms with Gasteiger partial charge in [-0.15, -0.1) is 0 Å². The van der Waals surface area contributed by atoms with Crippen LogP contribution in [0.5, 0.6) is 11.5 Å². The van der Waals surface area contributed by atoms with Gasteiger partial charge in [-0.2, -0.15) is 5.10 Å². The summed E-state index contributed by atoms with van der Waals surface area (Å²) in [6, 6.07) is 16.3. The van der Waals surface area contributed by atoms with E-state index in [1.165, 1.54) is 10.7 Å². The topological polar surface area (TPSA) is 82.5 Å². The molecule has 3 aromatic rings. The Hall–Kier alpha value is -3.61. The van der Waals surface area contributed by atoms with Crippen LogP contribution in [0.2, 0.25) is 0 Å². The van der Waals surface area contributed by atoms with Gasteiger partial charge < -0.3 is 14.8 Å². The van der Waals surface area contributed by atoms with Crippen LogP contribution in [0.3, 0.4) is 0 Å². The molecule has 1 aromatic heterocycles. The second-order valence-electron chi connectivity index (χ2n) is 7.34. The Morgan fingerprint density at radius 2 is 1.77 bits per heavy atom. The first kappa shape index (κ1) is 22.1. The first-order valence-corrected chi connectivity index (χ1v) is 10.0. The standard InChI is InChI=1S/C24H27N3O4/c1-16-7-5-6-8-18(16)13-20(19-10-11-21(30-3)22(14-19)31-4)25-23(28)15-27-24(29)12-9-17(2)26-27/h5-12,14,20H,13,15H2,1-4H3,(H,25,28). The largest absolute Gasteiger partial charge is 0.493 e. The Kier molecular flexibility index (Phi) is 7.07. The van der Waals surface area contributed by atoms with Crippen LogP contribution in [0.25, 0.3) is 0 Å². The molecule has 0 aliphatic rings. The van der Waals surface area contributed by atoms with Crippen LogP contribution >= 0.6 is 0 Å². The molecule has 162 valence electrons. The van der Waals surface area contributed by atoms with E-state index in [0.29, 0.717) is 23.6 Å². The van der Waals surface area contributed by atoms with Crippen LogP contribution in [0, 0.1) is 13.8 Å². The van der Waals surface area contributed by atoms with Crippen LogP contribution in [0.15, 0.2) is 59.4 Å². The molecule has 3 rings (SSSR count). The van der Waals surface area contributed by atoms with Crippen molar-refractivity contribution in [2.45, 2.75) is 32.9 Å². The van der Waals surface area contributed by atoms with E-state index in [4.69, 9.17) is 9.47 Å². The quantitative estimate of drug-likeness (QED) is 0.605. The van der Waals surface area contributed by atoms with Gasteiger partial charge in [0.25, 0.3) is 5.56 Å². The third kappa shape index (κ3) is 5.51. The fourth-order valence-electron chi connectivity index (χ4n) is 3.42. The van der Waals surface area contributed by atoms with Crippen molar-refractivity contribution in [1.29, 1.82) is 0 Å². The lowest BCUT2D eigenvalue weighted by Gasteiger charge is -2.22. The van der Waals surface area contributed by atoms with Crippen molar-refractivity contribution in [3.8, 4) is 11.5 Å². The number of methoxy groups -OCH3 is 2. The van der Waals surface area contributed by atoms with Crippen LogP contribution in [0.4, 0.5) is 0 Å². The first-order valence-electron chi connectivity index (χ1n) is 10.0. The van der Waals surface area contributed by atoms with Crippen LogP contribution in [0.1, 0.15) is 28.4 Å². The number of ether oxygens (including phenoxy) is 2. The van der Waals surface area contributed by atoms with Gasteiger partial charge in [-0.05, 0) is 55.2 Å². The zero-order valence-corrected chi connectivity index (χ0v) is 18.2. The van der Waals surface area contributed by atoms with Gasteiger partial charge in [-0.1, -0.05) is 30.3 Å². The SMILES string of the molecule is COc1ccc(C(Cc2ccccc2C)NC(=O)Cn2nc(C)ccc2=O)cc1OC. The van der Waals surface area contributed by atoms with E-state index in [-0.39, 0.29) is 24.1 Å². The van der Waals surface area contributed by atoms with E-state index >= 15 is 0 Å². The zero-order chi connectivity index (χ0) is 22.4. The number of carbonyl (C=O) groups is 1. The van der Waals surface area contributed by atoms with Gasteiger partial charge in [-0.3, -0.25) is 9.59 Å². The van der Waals surface area contributed by atoms with E-state index in [1.807, 2.05) is 49.4 Å². The maximum atomic E-state index is 12.8. The maximum absolute atomic E-state index is 12.8. The van der Waals surface area contributed by atoms with Crippen molar-refractivity contribution in [3.05, 3.63) is 87.3 Å². The van der Waals surface area contributed by atoms with E-state index in [0.717, 1.165) is 16.7 Å². The number of carbonyl (C=O) groups excluding carboxylic acids is 1. The number of rotatable bonds is 8. The molecule has 1 unspecified atom stereocenters. The average Bonchev–Trinajstić information content (AvgIpc) is 2.76. The van der Waals surface area contributed by atoms with Gasteiger partial charge in [0.2, 0.25) is 5.91 Å². The molecule has 2 aromatic carbocycles. The van der Waals surface area contributed by atoms with Crippen LogP contribution in [-0.2, 0) is 17.8 Å². The van der Waals surface area contributed by atoms with Crippen LogP contribution < -0.4 is 20.3 Å². The molecule has 1 atom stereocenters. The van der Waals surface area contributed by atoms with Crippen molar-refractivity contribution >= 4 is 5.91 Å². The molecule has 7 heteroatoms. The van der Waals surface area contributed by atoms with Gasteiger partial charge in [0.05, 0.1) is 26.0 Å². The van der Waals surface area contributed by atoms with Crippen molar-refractivity contribution in [1.82, 2.24) is 15.1 Å². The summed E-state index contributed by atoms with van der Waals surface area (Å²) in [5.41, 5.74) is 3.48. The Bertz CT molecular complexity index is 1120. The Morgan fingerprint density at radius 3 is 2.48 bits per heavy atom. The van der Waals surface area contributed by atoms with E-state index in [2.05, 4.69) is 10.4 Å². The van der Waals surface area contributed by atoms with Gasteiger partial charge >= 0.3 is 0 Å². The smallest absolute Gasteiger partial charge is 0.267 e. The number of aryl methyl sites for hydroxylation is 2. The summed E-state index contributed by atoms with van der Waals surface area (Å²) >= 11 is 0. The number of nitrogens with one attached hydrogen (secondary N) is 1. The summed E-state index contributed by atoms with van der Waals surface area (Å²) in [5, 5.41) is 7.21. The highest BCUT2D eigenvalue weighted by Gasteiger charge is 2.19. The molecule has 1 N–H and O–H groups in total. The lowest BCUT2D eigenvalue weighted by atomic mass is 9.95. The summed E-state index contributed by atoms with van der Waals surface area (Å²) in [7, 11) is 3.16. The predicted octanol–water partition coefficient (Wildman–Crippen LogP) is 2.98. The zero-order valence-electron chi connectivity index (χ0n) is 18.2. The third-order valence-corrected chi connectivity index (χ3v) is 5.12. The highest BCUT2D eigenvalue weighted by molar-refractivity contribution is 5.76. The molecule has 1 heterocycles. The fraction of sp³-hybridized carbons (Fsp3) is 0.292. The van der Waals surface area contributed by atoms with E-state index in [9.17, 15) is 9.59 Å². The lowest BCUT2D eigenvalue weighted by Crippen LogP contribution is -2.36. The molecule has 0 spiro atoms. The van der Waals surface area contributed by atoms with Gasteiger partial charge in [0.15, 0.2) is 11.5 Å². The number of aromatic nitrogens is 2. The summed E-state index contributed by atoms with van der Waals surface area (Å²) in [5.74, 6) is 0.900. The molecule has 0 saturated heterocycles. The second-order valence-corrected chi connectivity index (χ2v) is 7.34. The maximum Gasteiger partial charge on any atom is 0.267 e. The van der Waals surface area contributed by atoms with Crippen LogP contribution in [-0.4, -0.2) is 29.9 Å². The Morgan fingerprint density at radius 1 is 1.03 bits per heavy atom. The van der Waals surface area contributed by atoms with Crippen molar-refractivity contribution in [2.24, 2.45) is 0 Å². The number of hydrogen-bond donors (Lipinski definition) is 1. The predicted molar refractivity (Wildman–Crippen MR) is 119 cm³/mol. The molecular formula is C24H27N3O4. The highest BCUT2D eigenvalue weighted by atomic mass is 16.5. The number of hydrogen-bond acceptors (Lipinski definition) is 5. The minimum absolute atomic E-state index is 0.155. The second kappa shape index (κ2) is 9.93. The first-order chi connectivity index (χ1) is 14.9. The fourth-order valence-corrected chi connectivity index (χ4v) is 3.42. The van der Waals surface area contributed by atoms with Crippen molar-refractivity contribution < 1.29 is 14.3 Å². The van der Waals surface area contributed by atoms with Gasteiger partial charge in [0, 0.05) is 6.07 Å². The van der Waals surface area contributed by atoms with Crippen molar-refractivity contribution in [3.63, 3.8) is 0 Å². The molecule has 0 fully saturated rings. The molecule has 0 bridgehead atoms. The molecule has 7 nitrogen and oxygen atoms in total. The highest BCUT2D eigenvalue weighted by Crippen LogP contribution is 2.31. The molecule has 0 radical (unpaired) electrons. The van der Waals surface area contributed by atoms with E-state index < -0.39 is 0 Å². The Balaban J connectivity index is 1.90. The van der Waals surface area contributed by atoms with Crippen molar-refractivity contribution in [2.75, 3.05) is 14.2 Å². The average molecular weight is 421 g/mol. The Labute approximate surface area is 181 Å². The molecule has 0 aliphatic heterocycles. The lowest BCUT2D eigenvalue weighted by molar-refractivity contribution is -0.122. The molecule has 31 heavy (non-hydrogen) atoms.